The van der Waals surface area contributed by atoms with E-state index in [1.807, 2.05) is 30.3 Å². The van der Waals surface area contributed by atoms with Gasteiger partial charge in [-0.1, -0.05) is 100 Å². The molecule has 0 unspecified atom stereocenters. The van der Waals surface area contributed by atoms with Crippen LogP contribution in [-0.2, 0) is 14.4 Å². The van der Waals surface area contributed by atoms with Gasteiger partial charge in [-0.05, 0) is 20.3 Å². The predicted molar refractivity (Wildman–Crippen MR) is 128 cm³/mol. The van der Waals surface area contributed by atoms with Crippen molar-refractivity contribution in [2.75, 3.05) is 6.54 Å². The maximum atomic E-state index is 12.1. The number of nitrogens with one attached hydrogen (secondary N) is 1. The van der Waals surface area contributed by atoms with Gasteiger partial charge in [-0.2, -0.15) is 0 Å². The Morgan fingerprint density at radius 1 is 0.969 bits per heavy atom. The number of rotatable bonds is 14. The standard InChI is InChI=1S/C26H38N2O4/c1-4-5-6-7-8-9-10-11-12-16-19-27-25(30)32-28-24(21-17-14-13-15-18-21)22-20-23(29)26(2,3)31-22/h13-15,17-18,20H,4-12,16,19H2,1-3H3,(H,27,30)/b28-24-. The smallest absolute Gasteiger partial charge is 0.433 e. The molecule has 1 amide bonds. The molecule has 0 spiro atoms. The molecule has 0 aromatic heterocycles. The summed E-state index contributed by atoms with van der Waals surface area (Å²) < 4.78 is 5.75. The zero-order chi connectivity index (χ0) is 23.2. The zero-order valence-electron chi connectivity index (χ0n) is 19.8. The molecule has 1 N–H and O–H groups in total. The van der Waals surface area contributed by atoms with Crippen LogP contribution in [0.2, 0.25) is 0 Å². The van der Waals surface area contributed by atoms with Crippen LogP contribution in [0.3, 0.4) is 0 Å². The Bertz CT molecular complexity index is 784. The molecule has 0 saturated carbocycles. The van der Waals surface area contributed by atoms with E-state index < -0.39 is 11.7 Å². The van der Waals surface area contributed by atoms with E-state index in [1.54, 1.807) is 13.8 Å². The van der Waals surface area contributed by atoms with Gasteiger partial charge in [0.15, 0.2) is 17.1 Å². The van der Waals surface area contributed by atoms with Gasteiger partial charge in [-0.15, -0.1) is 0 Å². The highest BCUT2D eigenvalue weighted by Gasteiger charge is 2.37. The Labute approximate surface area is 192 Å². The molecule has 32 heavy (non-hydrogen) atoms. The van der Waals surface area contributed by atoms with Crippen molar-refractivity contribution in [1.82, 2.24) is 5.32 Å². The molecule has 1 aromatic carbocycles. The first-order valence-corrected chi connectivity index (χ1v) is 12.0. The summed E-state index contributed by atoms with van der Waals surface area (Å²) in [7, 11) is 0. The number of oxime groups is 1. The van der Waals surface area contributed by atoms with E-state index in [-0.39, 0.29) is 5.78 Å². The van der Waals surface area contributed by atoms with Crippen molar-refractivity contribution in [1.29, 1.82) is 0 Å². The second-order valence-corrected chi connectivity index (χ2v) is 8.78. The van der Waals surface area contributed by atoms with Crippen molar-refractivity contribution in [3.05, 3.63) is 47.7 Å². The van der Waals surface area contributed by atoms with Crippen LogP contribution in [0.4, 0.5) is 4.79 Å². The Hall–Kier alpha value is -2.63. The second kappa shape index (κ2) is 13.7. The molecule has 176 valence electrons. The Balaban J connectivity index is 1.73. The molecule has 2 rings (SSSR count). The van der Waals surface area contributed by atoms with Gasteiger partial charge in [0.05, 0.1) is 0 Å². The van der Waals surface area contributed by atoms with E-state index in [4.69, 9.17) is 9.57 Å². The monoisotopic (exact) mass is 442 g/mol. The van der Waals surface area contributed by atoms with Gasteiger partial charge in [-0.25, -0.2) is 4.79 Å². The molecule has 0 bridgehead atoms. The molecule has 1 aliphatic heterocycles. The van der Waals surface area contributed by atoms with Crippen LogP contribution in [0.5, 0.6) is 0 Å². The van der Waals surface area contributed by atoms with Gasteiger partial charge < -0.3 is 10.1 Å². The third kappa shape index (κ3) is 8.85. The fraction of sp³-hybridized carbons (Fsp3) is 0.577. The lowest BCUT2D eigenvalue weighted by Crippen LogP contribution is -2.28. The molecule has 1 heterocycles. The minimum atomic E-state index is -0.956. The summed E-state index contributed by atoms with van der Waals surface area (Å²) in [5.41, 5.74) is 0.0631. The summed E-state index contributed by atoms with van der Waals surface area (Å²) in [6, 6.07) is 9.21. The van der Waals surface area contributed by atoms with E-state index in [0.717, 1.165) is 12.8 Å². The number of hydrogen-bond donors (Lipinski definition) is 1. The highest BCUT2D eigenvalue weighted by molar-refractivity contribution is 6.16. The molecule has 6 nitrogen and oxygen atoms in total. The molecule has 6 heteroatoms. The van der Waals surface area contributed by atoms with Crippen LogP contribution < -0.4 is 5.32 Å². The van der Waals surface area contributed by atoms with Crippen molar-refractivity contribution >= 4 is 17.6 Å². The summed E-state index contributed by atoms with van der Waals surface area (Å²) >= 11 is 0. The first-order chi connectivity index (χ1) is 15.4. The molecule has 0 radical (unpaired) electrons. The summed E-state index contributed by atoms with van der Waals surface area (Å²) in [4.78, 5) is 29.3. The number of nitrogens with zero attached hydrogens (tertiary/aromatic N) is 1. The fourth-order valence-electron chi connectivity index (χ4n) is 3.52. The molecule has 0 fully saturated rings. The lowest BCUT2D eigenvalue weighted by atomic mass is 10.1. The van der Waals surface area contributed by atoms with Crippen LogP contribution >= 0.6 is 0 Å². The van der Waals surface area contributed by atoms with Crippen LogP contribution in [0.25, 0.3) is 0 Å². The number of unbranched alkanes of at least 4 members (excludes halogenated alkanes) is 9. The number of carbonyl (C=O) groups is 2. The van der Waals surface area contributed by atoms with Crippen molar-refractivity contribution in [3.63, 3.8) is 0 Å². The van der Waals surface area contributed by atoms with E-state index in [9.17, 15) is 9.59 Å². The highest BCUT2D eigenvalue weighted by atomic mass is 16.7. The molecule has 1 aromatic rings. The summed E-state index contributed by atoms with van der Waals surface area (Å²) in [6.45, 7) is 6.18. The van der Waals surface area contributed by atoms with Gasteiger partial charge in [-0.3, -0.25) is 9.63 Å². The maximum absolute atomic E-state index is 12.1. The average Bonchev–Trinajstić information content (AvgIpc) is 3.05. The number of ether oxygens (including phenoxy) is 1. The number of amides is 1. The fourth-order valence-corrected chi connectivity index (χ4v) is 3.52. The van der Waals surface area contributed by atoms with Gasteiger partial charge in [0.1, 0.15) is 0 Å². The summed E-state index contributed by atoms with van der Waals surface area (Å²) in [5, 5.41) is 6.74. The molecular formula is C26H38N2O4. The lowest BCUT2D eigenvalue weighted by Gasteiger charge is -2.18. The third-order valence-corrected chi connectivity index (χ3v) is 5.52. The highest BCUT2D eigenvalue weighted by Crippen LogP contribution is 2.27. The van der Waals surface area contributed by atoms with Crippen molar-refractivity contribution in [2.45, 2.75) is 90.6 Å². The van der Waals surface area contributed by atoms with E-state index in [2.05, 4.69) is 17.4 Å². The predicted octanol–water partition coefficient (Wildman–Crippen LogP) is 6.30. The Morgan fingerprint density at radius 3 is 2.12 bits per heavy atom. The van der Waals surface area contributed by atoms with E-state index >= 15 is 0 Å². The quantitative estimate of drug-likeness (QED) is 0.159. The molecule has 0 aliphatic carbocycles. The van der Waals surface area contributed by atoms with Crippen LogP contribution in [0.15, 0.2) is 47.3 Å². The molecular weight excluding hydrogens is 404 g/mol. The van der Waals surface area contributed by atoms with Crippen LogP contribution in [-0.4, -0.2) is 29.7 Å². The van der Waals surface area contributed by atoms with Crippen LogP contribution in [0.1, 0.15) is 90.5 Å². The maximum Gasteiger partial charge on any atom is 0.433 e. The van der Waals surface area contributed by atoms with Gasteiger partial charge in [0.25, 0.3) is 0 Å². The SMILES string of the molecule is CCCCCCCCCCCCNC(=O)O/N=C(\C1=CC(=O)C(C)(C)O1)c1ccccc1. The van der Waals surface area contributed by atoms with Crippen molar-refractivity contribution in [2.24, 2.45) is 5.16 Å². The van der Waals surface area contributed by atoms with Gasteiger partial charge >= 0.3 is 6.09 Å². The topological polar surface area (TPSA) is 77.0 Å². The van der Waals surface area contributed by atoms with Crippen LogP contribution in [0, 0.1) is 0 Å². The number of benzene rings is 1. The number of ketones is 1. The molecule has 0 saturated heterocycles. The minimum absolute atomic E-state index is 0.151. The molecule has 1 aliphatic rings. The Morgan fingerprint density at radius 2 is 1.56 bits per heavy atom. The zero-order valence-corrected chi connectivity index (χ0v) is 19.8. The number of allylic oxidation sites excluding steroid dienone is 1. The summed E-state index contributed by atoms with van der Waals surface area (Å²) in [5.74, 6) is 0.148. The average molecular weight is 443 g/mol. The third-order valence-electron chi connectivity index (χ3n) is 5.52. The lowest BCUT2D eigenvalue weighted by molar-refractivity contribution is -0.126. The van der Waals surface area contributed by atoms with Gasteiger partial charge in [0, 0.05) is 18.2 Å². The van der Waals surface area contributed by atoms with E-state index in [0.29, 0.717) is 23.6 Å². The normalized spacial score (nSPS) is 15.3. The number of hydrogen-bond acceptors (Lipinski definition) is 5. The Kier molecular flexibility index (Phi) is 11.0. The molecule has 0 atom stereocenters. The first kappa shape index (κ1) is 25.6. The van der Waals surface area contributed by atoms with E-state index in [1.165, 1.54) is 57.4 Å². The minimum Gasteiger partial charge on any atom is -0.477 e. The summed E-state index contributed by atoms with van der Waals surface area (Å²) in [6.07, 6.45) is 13.2. The van der Waals surface area contributed by atoms with Gasteiger partial charge in [0.2, 0.25) is 5.78 Å². The second-order valence-electron chi connectivity index (χ2n) is 8.78. The van der Waals surface area contributed by atoms with Crippen molar-refractivity contribution < 1.29 is 19.2 Å². The van der Waals surface area contributed by atoms with Crippen molar-refractivity contribution in [3.8, 4) is 0 Å². The first-order valence-electron chi connectivity index (χ1n) is 12.0. The largest absolute Gasteiger partial charge is 0.477 e. The number of carbonyl (C=O) groups excluding carboxylic acids is 2.